The van der Waals surface area contributed by atoms with Crippen molar-refractivity contribution < 1.29 is 28.6 Å². The van der Waals surface area contributed by atoms with Gasteiger partial charge in [0, 0.05) is 16.5 Å². The smallest absolute Gasteiger partial charge is 0.341 e. The Labute approximate surface area is 271 Å². The number of hydrogen-bond acceptors (Lipinski definition) is 10. The van der Waals surface area contributed by atoms with Gasteiger partial charge < -0.3 is 29.4 Å². The van der Waals surface area contributed by atoms with E-state index in [4.69, 9.17) is 14.2 Å². The molecule has 3 aromatic rings. The van der Waals surface area contributed by atoms with Crippen LogP contribution in [0.25, 0.3) is 0 Å². The van der Waals surface area contributed by atoms with Crippen LogP contribution in [0.5, 0.6) is 11.5 Å². The predicted octanol–water partition coefficient (Wildman–Crippen LogP) is 5.97. The molecule has 0 saturated heterocycles. The van der Waals surface area contributed by atoms with Crippen molar-refractivity contribution in [3.8, 4) is 11.5 Å². The van der Waals surface area contributed by atoms with Crippen molar-refractivity contribution >= 4 is 45.9 Å². The van der Waals surface area contributed by atoms with Crippen molar-refractivity contribution in [1.29, 1.82) is 0 Å². The van der Waals surface area contributed by atoms with Gasteiger partial charge in [0.15, 0.2) is 22.5 Å². The maximum atomic E-state index is 13.5. The highest BCUT2D eigenvalue weighted by molar-refractivity contribution is 8.00. The van der Waals surface area contributed by atoms with E-state index in [1.165, 1.54) is 36.6 Å². The van der Waals surface area contributed by atoms with Crippen LogP contribution in [0.4, 0.5) is 5.00 Å². The van der Waals surface area contributed by atoms with Crippen LogP contribution in [0.1, 0.15) is 102 Å². The van der Waals surface area contributed by atoms with Gasteiger partial charge >= 0.3 is 5.97 Å². The molecule has 1 atom stereocenters. The lowest BCUT2D eigenvalue weighted by Crippen LogP contribution is -2.27. The molecular weight excluding hydrogens is 615 g/mol. The molecule has 11 nitrogen and oxygen atoms in total. The third-order valence-corrected chi connectivity index (χ3v) is 10.5. The third kappa shape index (κ3) is 7.46. The van der Waals surface area contributed by atoms with E-state index in [1.807, 2.05) is 6.92 Å². The fourth-order valence-corrected chi connectivity index (χ4v) is 8.17. The number of carbonyl (C=O) groups excluding carboxylic acids is 3. The van der Waals surface area contributed by atoms with Crippen LogP contribution in [0, 0.1) is 0 Å². The zero-order valence-electron chi connectivity index (χ0n) is 26.3. The van der Waals surface area contributed by atoms with E-state index in [-0.39, 0.29) is 37.0 Å². The molecule has 2 aromatic heterocycles. The molecule has 0 radical (unpaired) electrons. The van der Waals surface area contributed by atoms with Crippen LogP contribution in [-0.2, 0) is 28.9 Å². The van der Waals surface area contributed by atoms with Gasteiger partial charge in [-0.3, -0.25) is 9.59 Å². The molecule has 1 unspecified atom stereocenters. The van der Waals surface area contributed by atoms with Gasteiger partial charge in [0.05, 0.1) is 38.2 Å². The van der Waals surface area contributed by atoms with E-state index >= 15 is 0 Å². The summed E-state index contributed by atoms with van der Waals surface area (Å²) in [6.45, 7) is 4.07. The van der Waals surface area contributed by atoms with E-state index in [2.05, 4.69) is 25.4 Å². The Hall–Kier alpha value is -3.58. The molecule has 13 heteroatoms. The first kappa shape index (κ1) is 32.8. The molecule has 0 aliphatic heterocycles. The number of fused-ring (bicyclic) bond motifs is 1. The maximum Gasteiger partial charge on any atom is 0.341 e. The second kappa shape index (κ2) is 15.1. The third-order valence-electron chi connectivity index (χ3n) is 8.27. The minimum atomic E-state index is -0.514. The molecule has 2 amide bonds. The Morgan fingerprint density at radius 2 is 1.80 bits per heavy atom. The van der Waals surface area contributed by atoms with E-state index in [9.17, 15) is 14.4 Å². The molecule has 2 aliphatic rings. The zero-order valence-corrected chi connectivity index (χ0v) is 27.9. The van der Waals surface area contributed by atoms with Gasteiger partial charge in [-0.25, -0.2) is 4.79 Å². The van der Waals surface area contributed by atoms with Crippen molar-refractivity contribution in [2.75, 3.05) is 26.1 Å². The monoisotopic (exact) mass is 655 g/mol. The molecular formula is C32H41N5O6S2. The number of rotatable bonds is 12. The fraction of sp³-hybridized carbons (Fsp3) is 0.531. The molecule has 1 fully saturated rings. The molecule has 2 N–H and O–H groups in total. The first-order valence-corrected chi connectivity index (χ1v) is 17.3. The number of aromatic nitrogens is 3. The highest BCUT2D eigenvalue weighted by atomic mass is 32.2. The van der Waals surface area contributed by atoms with Gasteiger partial charge in [0.1, 0.15) is 5.00 Å². The van der Waals surface area contributed by atoms with Crippen molar-refractivity contribution in [2.24, 2.45) is 0 Å². The molecule has 1 saturated carbocycles. The summed E-state index contributed by atoms with van der Waals surface area (Å²) in [6, 6.07) is 5.19. The normalized spacial score (nSPS) is 15.6. The number of nitrogens with one attached hydrogen (secondary N) is 2. The lowest BCUT2D eigenvalue weighted by molar-refractivity contribution is -0.115. The van der Waals surface area contributed by atoms with E-state index in [0.717, 1.165) is 61.8 Å². The average molecular weight is 656 g/mol. The van der Waals surface area contributed by atoms with Gasteiger partial charge in [0.25, 0.3) is 5.91 Å². The van der Waals surface area contributed by atoms with E-state index in [0.29, 0.717) is 38.6 Å². The van der Waals surface area contributed by atoms with Crippen molar-refractivity contribution in [2.45, 2.75) is 94.6 Å². The lowest BCUT2D eigenvalue weighted by Gasteiger charge is -2.26. The molecule has 5 rings (SSSR count). The standard InChI is InChI=1S/C32H41N5O6S2/c1-5-43-31(40)27-22-13-9-10-14-25(22)45-30(27)34-28(38)19(2)44-32-36-35-26(37(32)21-11-7-6-8-12-21)18-33-29(39)20-15-16-23(41-3)24(17-20)42-4/h15-17,19,21H,5-14,18H2,1-4H3,(H,33,39)(H,34,38). The fourth-order valence-electron chi connectivity index (χ4n) is 5.95. The summed E-state index contributed by atoms with van der Waals surface area (Å²) >= 11 is 2.81. The summed E-state index contributed by atoms with van der Waals surface area (Å²) in [5, 5.41) is 15.6. The topological polar surface area (TPSA) is 134 Å². The zero-order chi connectivity index (χ0) is 31.9. The number of hydrogen-bond donors (Lipinski definition) is 2. The van der Waals surface area contributed by atoms with Crippen LogP contribution >= 0.6 is 23.1 Å². The molecule has 242 valence electrons. The molecule has 45 heavy (non-hydrogen) atoms. The van der Waals surface area contributed by atoms with Gasteiger partial charge in [-0.05, 0) is 76.1 Å². The summed E-state index contributed by atoms with van der Waals surface area (Å²) in [4.78, 5) is 40.6. The highest BCUT2D eigenvalue weighted by Gasteiger charge is 2.30. The number of esters is 1. The quantitative estimate of drug-likeness (QED) is 0.179. The molecule has 0 bridgehead atoms. The summed E-state index contributed by atoms with van der Waals surface area (Å²) in [6.07, 6.45) is 9.14. The van der Waals surface area contributed by atoms with Crippen molar-refractivity contribution in [3.05, 3.63) is 45.6 Å². The SMILES string of the molecule is CCOC(=O)c1c(NC(=O)C(C)Sc2nnc(CNC(=O)c3ccc(OC)c(OC)c3)n2C2CCCCC2)sc2c1CCCC2. The average Bonchev–Trinajstić information content (AvgIpc) is 3.64. The second-order valence-electron chi connectivity index (χ2n) is 11.2. The number of nitrogens with zero attached hydrogens (tertiary/aromatic N) is 3. The highest BCUT2D eigenvalue weighted by Crippen LogP contribution is 2.40. The van der Waals surface area contributed by atoms with Crippen LogP contribution in [0.2, 0.25) is 0 Å². The number of thiophene rings is 1. The Balaban J connectivity index is 1.32. The largest absolute Gasteiger partial charge is 0.493 e. The molecule has 2 heterocycles. The number of ether oxygens (including phenoxy) is 3. The van der Waals surface area contributed by atoms with Crippen LogP contribution in [0.3, 0.4) is 0 Å². The number of carbonyl (C=O) groups is 3. The minimum Gasteiger partial charge on any atom is -0.493 e. The first-order chi connectivity index (χ1) is 21.8. The van der Waals surface area contributed by atoms with Crippen LogP contribution in [-0.4, -0.2) is 58.6 Å². The first-order valence-electron chi connectivity index (χ1n) is 15.6. The molecule has 1 aromatic carbocycles. The summed E-state index contributed by atoms with van der Waals surface area (Å²) in [5.74, 6) is 0.781. The van der Waals surface area contributed by atoms with Gasteiger partial charge in [0.2, 0.25) is 5.91 Å². The van der Waals surface area contributed by atoms with Crippen LogP contribution < -0.4 is 20.1 Å². The van der Waals surface area contributed by atoms with Gasteiger partial charge in [-0.1, -0.05) is 31.0 Å². The van der Waals surface area contributed by atoms with Crippen molar-refractivity contribution in [1.82, 2.24) is 20.1 Å². The molecule has 0 spiro atoms. The summed E-state index contributed by atoms with van der Waals surface area (Å²) in [5.41, 5.74) is 1.95. The predicted molar refractivity (Wildman–Crippen MR) is 174 cm³/mol. The number of methoxy groups -OCH3 is 2. The lowest BCUT2D eigenvalue weighted by atomic mass is 9.95. The number of thioether (sulfide) groups is 1. The van der Waals surface area contributed by atoms with Gasteiger partial charge in [-0.15, -0.1) is 21.5 Å². The van der Waals surface area contributed by atoms with Gasteiger partial charge in [-0.2, -0.15) is 0 Å². The number of aryl methyl sites for hydroxylation is 1. The number of amides is 2. The summed E-state index contributed by atoms with van der Waals surface area (Å²) in [7, 11) is 3.07. The second-order valence-corrected chi connectivity index (χ2v) is 13.6. The Kier molecular flexibility index (Phi) is 11.0. The number of anilines is 1. The minimum absolute atomic E-state index is 0.180. The van der Waals surface area contributed by atoms with E-state index < -0.39 is 5.25 Å². The molecule has 2 aliphatic carbocycles. The Morgan fingerprint density at radius 3 is 2.53 bits per heavy atom. The Morgan fingerprint density at radius 1 is 1.04 bits per heavy atom. The Bertz CT molecular complexity index is 1530. The summed E-state index contributed by atoms with van der Waals surface area (Å²) < 4.78 is 18.1. The maximum absolute atomic E-state index is 13.5. The van der Waals surface area contributed by atoms with Crippen molar-refractivity contribution in [3.63, 3.8) is 0 Å². The van der Waals surface area contributed by atoms with Crippen LogP contribution in [0.15, 0.2) is 23.4 Å². The van der Waals surface area contributed by atoms with E-state index in [1.54, 1.807) is 32.2 Å². The number of benzene rings is 1.